The number of fused-ring (bicyclic) bond motifs is 1. The number of carbonyl (C=O) groups is 1. The fourth-order valence-electron chi connectivity index (χ4n) is 3.76. The van der Waals surface area contributed by atoms with Crippen molar-refractivity contribution < 1.29 is 4.79 Å². The third-order valence-electron chi connectivity index (χ3n) is 4.78. The van der Waals surface area contributed by atoms with E-state index in [-0.39, 0.29) is 5.91 Å². The number of aromatic nitrogens is 1. The first-order valence-corrected chi connectivity index (χ1v) is 8.31. The number of carbonyl (C=O) groups excluding carboxylic acids is 1. The summed E-state index contributed by atoms with van der Waals surface area (Å²) in [7, 11) is 0. The van der Waals surface area contributed by atoms with Gasteiger partial charge in [-0.15, -0.1) is 0 Å². The molecule has 1 aromatic rings. The Bertz CT molecular complexity index is 503. The summed E-state index contributed by atoms with van der Waals surface area (Å²) < 4.78 is 0. The zero-order chi connectivity index (χ0) is 14.7. The van der Waals surface area contributed by atoms with Crippen molar-refractivity contribution >= 4 is 11.7 Å². The van der Waals surface area contributed by atoms with Crippen LogP contribution in [0.5, 0.6) is 0 Å². The van der Waals surface area contributed by atoms with Crippen LogP contribution in [0.1, 0.15) is 55.9 Å². The van der Waals surface area contributed by atoms with Gasteiger partial charge < -0.3 is 10.2 Å². The Kier molecular flexibility index (Phi) is 4.42. The van der Waals surface area contributed by atoms with E-state index in [1.807, 2.05) is 18.2 Å². The Morgan fingerprint density at radius 3 is 3.05 bits per heavy atom. The summed E-state index contributed by atoms with van der Waals surface area (Å²) in [5, 5.41) is 3.26. The molecule has 1 aromatic heterocycles. The molecule has 0 radical (unpaired) electrons. The molecule has 2 heterocycles. The third kappa shape index (κ3) is 3.04. The number of anilines is 1. The van der Waals surface area contributed by atoms with Crippen molar-refractivity contribution in [1.29, 1.82) is 0 Å². The smallest absolute Gasteiger partial charge is 0.272 e. The Balaban J connectivity index is 1.74. The molecule has 1 aliphatic carbocycles. The van der Waals surface area contributed by atoms with Gasteiger partial charge in [-0.25, -0.2) is 4.98 Å². The van der Waals surface area contributed by atoms with Gasteiger partial charge in [-0.1, -0.05) is 19.4 Å². The molecule has 1 aliphatic heterocycles. The highest BCUT2D eigenvalue weighted by molar-refractivity contribution is 5.93. The molecule has 2 aliphatic rings. The van der Waals surface area contributed by atoms with Crippen LogP contribution in [-0.2, 0) is 0 Å². The van der Waals surface area contributed by atoms with Crippen LogP contribution >= 0.6 is 0 Å². The fourth-order valence-corrected chi connectivity index (χ4v) is 3.76. The predicted molar refractivity (Wildman–Crippen MR) is 84.4 cm³/mol. The van der Waals surface area contributed by atoms with E-state index < -0.39 is 0 Å². The van der Waals surface area contributed by atoms with E-state index in [1.165, 1.54) is 25.7 Å². The van der Waals surface area contributed by atoms with Crippen molar-refractivity contribution in [2.45, 2.75) is 51.5 Å². The Labute approximate surface area is 126 Å². The van der Waals surface area contributed by atoms with E-state index in [4.69, 9.17) is 0 Å². The van der Waals surface area contributed by atoms with Gasteiger partial charge in [0, 0.05) is 19.1 Å². The quantitative estimate of drug-likeness (QED) is 0.924. The maximum absolute atomic E-state index is 12.8. The van der Waals surface area contributed by atoms with Crippen molar-refractivity contribution in [3.63, 3.8) is 0 Å². The van der Waals surface area contributed by atoms with Gasteiger partial charge in [-0.05, 0) is 50.2 Å². The molecule has 114 valence electrons. The standard InChI is InChI=1S/C17H25N3O/c1-2-11-18-16-10-4-8-14(19-16)17(21)20-12-5-7-13-6-3-9-15(13)20/h4,8,10,13,15H,2-3,5-7,9,11-12H2,1H3,(H,18,19). The number of piperidine rings is 1. The third-order valence-corrected chi connectivity index (χ3v) is 4.78. The van der Waals surface area contributed by atoms with Gasteiger partial charge in [0.25, 0.3) is 5.91 Å². The summed E-state index contributed by atoms with van der Waals surface area (Å²) in [6.45, 7) is 3.91. The van der Waals surface area contributed by atoms with E-state index in [9.17, 15) is 4.79 Å². The Morgan fingerprint density at radius 2 is 2.19 bits per heavy atom. The zero-order valence-corrected chi connectivity index (χ0v) is 12.8. The summed E-state index contributed by atoms with van der Waals surface area (Å²) in [5.41, 5.74) is 0.587. The number of hydrogen-bond donors (Lipinski definition) is 1. The molecule has 1 saturated carbocycles. The topological polar surface area (TPSA) is 45.2 Å². The molecular formula is C17H25N3O. The van der Waals surface area contributed by atoms with E-state index >= 15 is 0 Å². The summed E-state index contributed by atoms with van der Waals surface area (Å²) in [6, 6.07) is 6.16. The van der Waals surface area contributed by atoms with Crippen LogP contribution in [0.15, 0.2) is 18.2 Å². The molecule has 2 atom stereocenters. The van der Waals surface area contributed by atoms with Crippen molar-refractivity contribution in [3.05, 3.63) is 23.9 Å². The van der Waals surface area contributed by atoms with Gasteiger partial charge in [0.05, 0.1) is 0 Å². The monoisotopic (exact) mass is 287 g/mol. The molecule has 0 spiro atoms. The van der Waals surface area contributed by atoms with Gasteiger partial charge >= 0.3 is 0 Å². The summed E-state index contributed by atoms with van der Waals surface area (Å²) in [4.78, 5) is 19.4. The second-order valence-electron chi connectivity index (χ2n) is 6.23. The average Bonchev–Trinajstić information content (AvgIpc) is 3.01. The maximum Gasteiger partial charge on any atom is 0.272 e. The van der Waals surface area contributed by atoms with Gasteiger partial charge in [0.15, 0.2) is 0 Å². The van der Waals surface area contributed by atoms with Crippen LogP contribution in [0.3, 0.4) is 0 Å². The molecule has 2 unspecified atom stereocenters. The van der Waals surface area contributed by atoms with E-state index in [0.29, 0.717) is 11.7 Å². The number of pyridine rings is 1. The highest BCUT2D eigenvalue weighted by atomic mass is 16.2. The number of nitrogens with zero attached hydrogens (tertiary/aromatic N) is 2. The number of likely N-dealkylation sites (tertiary alicyclic amines) is 1. The summed E-state index contributed by atoms with van der Waals surface area (Å²) in [6.07, 6.45) is 7.21. The van der Waals surface area contributed by atoms with E-state index in [0.717, 1.165) is 37.7 Å². The predicted octanol–water partition coefficient (Wildman–Crippen LogP) is 3.31. The molecule has 2 fully saturated rings. The molecule has 3 rings (SSSR count). The lowest BCUT2D eigenvalue weighted by Crippen LogP contribution is -2.46. The summed E-state index contributed by atoms with van der Waals surface area (Å²) in [5.74, 6) is 1.65. The van der Waals surface area contributed by atoms with Gasteiger partial charge in [0.2, 0.25) is 0 Å². The fraction of sp³-hybridized carbons (Fsp3) is 0.647. The minimum absolute atomic E-state index is 0.117. The minimum atomic E-state index is 0.117. The Morgan fingerprint density at radius 1 is 1.33 bits per heavy atom. The van der Waals surface area contributed by atoms with Gasteiger partial charge in [0.1, 0.15) is 11.5 Å². The molecule has 0 aromatic carbocycles. The number of hydrogen-bond acceptors (Lipinski definition) is 3. The van der Waals surface area contributed by atoms with Gasteiger partial charge in [-0.2, -0.15) is 0 Å². The van der Waals surface area contributed by atoms with Crippen LogP contribution in [0.2, 0.25) is 0 Å². The second-order valence-corrected chi connectivity index (χ2v) is 6.23. The SMILES string of the molecule is CCCNc1cccc(C(=O)N2CCCC3CCCC32)n1. The number of nitrogens with one attached hydrogen (secondary N) is 1. The molecule has 21 heavy (non-hydrogen) atoms. The molecule has 4 heteroatoms. The van der Waals surface area contributed by atoms with Crippen molar-refractivity contribution in [2.24, 2.45) is 5.92 Å². The molecule has 4 nitrogen and oxygen atoms in total. The van der Waals surface area contributed by atoms with Crippen LogP contribution < -0.4 is 5.32 Å². The van der Waals surface area contributed by atoms with Crippen LogP contribution in [0.25, 0.3) is 0 Å². The lowest BCUT2D eigenvalue weighted by Gasteiger charge is -2.37. The molecule has 1 N–H and O–H groups in total. The highest BCUT2D eigenvalue weighted by Crippen LogP contribution is 2.37. The first-order chi connectivity index (χ1) is 10.3. The normalized spacial score (nSPS) is 24.7. The minimum Gasteiger partial charge on any atom is -0.370 e. The molecule has 1 saturated heterocycles. The van der Waals surface area contributed by atoms with Gasteiger partial charge in [-0.3, -0.25) is 4.79 Å². The molecular weight excluding hydrogens is 262 g/mol. The Hall–Kier alpha value is -1.58. The van der Waals surface area contributed by atoms with Crippen LogP contribution in [0, 0.1) is 5.92 Å². The van der Waals surface area contributed by atoms with E-state index in [1.54, 1.807) is 0 Å². The molecule has 1 amide bonds. The van der Waals surface area contributed by atoms with Crippen molar-refractivity contribution in [3.8, 4) is 0 Å². The number of amides is 1. The van der Waals surface area contributed by atoms with Crippen LogP contribution in [-0.4, -0.2) is 34.9 Å². The highest BCUT2D eigenvalue weighted by Gasteiger charge is 2.37. The van der Waals surface area contributed by atoms with Crippen molar-refractivity contribution in [1.82, 2.24) is 9.88 Å². The first kappa shape index (κ1) is 14.4. The number of rotatable bonds is 4. The average molecular weight is 287 g/mol. The van der Waals surface area contributed by atoms with Crippen molar-refractivity contribution in [2.75, 3.05) is 18.4 Å². The summed E-state index contributed by atoms with van der Waals surface area (Å²) >= 11 is 0. The zero-order valence-electron chi connectivity index (χ0n) is 12.8. The van der Waals surface area contributed by atoms with Crippen LogP contribution in [0.4, 0.5) is 5.82 Å². The second kappa shape index (κ2) is 6.46. The van der Waals surface area contributed by atoms with E-state index in [2.05, 4.69) is 22.1 Å². The lowest BCUT2D eigenvalue weighted by molar-refractivity contribution is 0.0542. The maximum atomic E-state index is 12.8. The lowest BCUT2D eigenvalue weighted by atomic mass is 9.91. The molecule has 0 bridgehead atoms. The first-order valence-electron chi connectivity index (χ1n) is 8.31. The largest absolute Gasteiger partial charge is 0.370 e.